The van der Waals surface area contributed by atoms with Gasteiger partial charge in [0.05, 0.1) is 12.6 Å². The average Bonchev–Trinajstić information content (AvgIpc) is 3.51. The number of guanidine groups is 1. The van der Waals surface area contributed by atoms with Crippen LogP contribution in [0.15, 0.2) is 66.0 Å². The van der Waals surface area contributed by atoms with Gasteiger partial charge >= 0.3 is 0 Å². The fraction of sp³-hybridized carbons (Fsp3) is 0.400. The summed E-state index contributed by atoms with van der Waals surface area (Å²) < 4.78 is 8.28. The third-order valence-electron chi connectivity index (χ3n) is 6.34. The number of hydrogen-bond acceptors (Lipinski definition) is 4. The van der Waals surface area contributed by atoms with Crippen LogP contribution in [0.3, 0.4) is 0 Å². The summed E-state index contributed by atoms with van der Waals surface area (Å²) in [6.07, 6.45) is 11.1. The van der Waals surface area contributed by atoms with E-state index >= 15 is 0 Å². The molecule has 0 radical (unpaired) electrons. The molecule has 7 heteroatoms. The molecular weight excluding hydrogens is 400 g/mol. The Hall–Kier alpha value is -3.35. The smallest absolute Gasteiger partial charge is 0.192 e. The summed E-state index contributed by atoms with van der Waals surface area (Å²) in [6.45, 7) is 3.45. The molecule has 3 aromatic rings. The van der Waals surface area contributed by atoms with Gasteiger partial charge in [-0.25, -0.2) is 14.7 Å². The molecule has 0 bridgehead atoms. The van der Waals surface area contributed by atoms with Gasteiger partial charge in [-0.1, -0.05) is 18.2 Å². The van der Waals surface area contributed by atoms with E-state index in [9.17, 15) is 0 Å². The molecule has 3 heterocycles. The van der Waals surface area contributed by atoms with Crippen molar-refractivity contribution < 1.29 is 4.74 Å². The Morgan fingerprint density at radius 3 is 2.88 bits per heavy atom. The number of nitrogens with one attached hydrogen (secondary N) is 2. The molecule has 1 atom stereocenters. The van der Waals surface area contributed by atoms with E-state index in [4.69, 9.17) is 9.73 Å². The maximum absolute atomic E-state index is 6.51. The molecule has 1 saturated carbocycles. The van der Waals surface area contributed by atoms with Gasteiger partial charge in [0.1, 0.15) is 11.4 Å². The molecule has 2 N–H and O–H groups in total. The quantitative estimate of drug-likeness (QED) is 0.470. The minimum Gasteiger partial charge on any atom is -0.487 e. The Morgan fingerprint density at radius 1 is 1.19 bits per heavy atom. The SMILES string of the molecule is CCNC(=NCc1ccnc(-n2cccn2)c1)NC1CC2(CCCC2)Oc2ccccc21. The van der Waals surface area contributed by atoms with E-state index < -0.39 is 0 Å². The largest absolute Gasteiger partial charge is 0.487 e. The number of benzene rings is 1. The fourth-order valence-electron chi connectivity index (χ4n) is 4.82. The number of para-hydroxylation sites is 1. The zero-order chi connectivity index (χ0) is 21.8. The van der Waals surface area contributed by atoms with Crippen LogP contribution in [0, 0.1) is 0 Å². The van der Waals surface area contributed by atoms with E-state index in [-0.39, 0.29) is 11.6 Å². The Balaban J connectivity index is 1.36. The lowest BCUT2D eigenvalue weighted by Gasteiger charge is -2.40. The lowest BCUT2D eigenvalue weighted by molar-refractivity contribution is 0.0396. The number of aliphatic imine (C=N–C) groups is 1. The summed E-state index contributed by atoms with van der Waals surface area (Å²) in [6, 6.07) is 14.5. The summed E-state index contributed by atoms with van der Waals surface area (Å²) in [5, 5.41) is 11.4. The van der Waals surface area contributed by atoms with Gasteiger partial charge in [0.25, 0.3) is 0 Å². The lowest BCUT2D eigenvalue weighted by atomic mass is 9.86. The van der Waals surface area contributed by atoms with Gasteiger partial charge < -0.3 is 15.4 Å². The number of pyridine rings is 1. The van der Waals surface area contributed by atoms with Gasteiger partial charge in [0.15, 0.2) is 11.8 Å². The number of hydrogen-bond donors (Lipinski definition) is 2. The van der Waals surface area contributed by atoms with Crippen LogP contribution in [0.2, 0.25) is 0 Å². The van der Waals surface area contributed by atoms with Crippen LogP contribution in [0.5, 0.6) is 5.75 Å². The summed E-state index contributed by atoms with van der Waals surface area (Å²) in [5.41, 5.74) is 2.25. The first-order chi connectivity index (χ1) is 15.7. The zero-order valence-electron chi connectivity index (χ0n) is 18.5. The van der Waals surface area contributed by atoms with Gasteiger partial charge in [0, 0.05) is 37.1 Å². The van der Waals surface area contributed by atoms with Crippen LogP contribution >= 0.6 is 0 Å². The molecule has 1 unspecified atom stereocenters. The van der Waals surface area contributed by atoms with E-state index in [1.807, 2.05) is 24.4 Å². The van der Waals surface area contributed by atoms with Crippen molar-refractivity contribution in [1.82, 2.24) is 25.4 Å². The Labute approximate surface area is 188 Å². The van der Waals surface area contributed by atoms with E-state index in [0.717, 1.165) is 48.9 Å². The number of aromatic nitrogens is 3. The molecule has 7 nitrogen and oxygen atoms in total. The van der Waals surface area contributed by atoms with Crippen LogP contribution < -0.4 is 15.4 Å². The molecule has 5 rings (SSSR count). The minimum atomic E-state index is -0.0485. The molecule has 2 aliphatic rings. The van der Waals surface area contributed by atoms with Crippen molar-refractivity contribution in [3.05, 3.63) is 72.2 Å². The number of nitrogens with zero attached hydrogens (tertiary/aromatic N) is 4. The number of fused-ring (bicyclic) bond motifs is 1. The molecule has 1 aliphatic carbocycles. The summed E-state index contributed by atoms with van der Waals surface area (Å²) in [4.78, 5) is 9.30. The molecule has 1 aliphatic heterocycles. The second-order valence-electron chi connectivity index (χ2n) is 8.60. The molecule has 0 saturated heterocycles. The fourth-order valence-corrected chi connectivity index (χ4v) is 4.82. The molecule has 166 valence electrons. The van der Waals surface area contributed by atoms with Crippen molar-refractivity contribution in [1.29, 1.82) is 0 Å². The second kappa shape index (κ2) is 9.02. The van der Waals surface area contributed by atoms with Gasteiger partial charge in [-0.15, -0.1) is 0 Å². The van der Waals surface area contributed by atoms with E-state index in [1.165, 1.54) is 18.4 Å². The van der Waals surface area contributed by atoms with Crippen LogP contribution in [-0.2, 0) is 6.54 Å². The van der Waals surface area contributed by atoms with Gasteiger partial charge in [-0.05, 0) is 62.4 Å². The first-order valence-electron chi connectivity index (χ1n) is 11.5. The zero-order valence-corrected chi connectivity index (χ0v) is 18.5. The van der Waals surface area contributed by atoms with Gasteiger partial charge in [-0.2, -0.15) is 5.10 Å². The first-order valence-corrected chi connectivity index (χ1v) is 11.5. The van der Waals surface area contributed by atoms with Crippen molar-refractivity contribution in [2.75, 3.05) is 6.54 Å². The highest BCUT2D eigenvalue weighted by molar-refractivity contribution is 5.80. The van der Waals surface area contributed by atoms with Gasteiger partial charge in [0.2, 0.25) is 0 Å². The second-order valence-corrected chi connectivity index (χ2v) is 8.60. The topological polar surface area (TPSA) is 76.4 Å². The highest BCUT2D eigenvalue weighted by Crippen LogP contribution is 2.46. The van der Waals surface area contributed by atoms with Crippen LogP contribution in [-0.4, -0.2) is 32.9 Å². The Bertz CT molecular complexity index is 1070. The van der Waals surface area contributed by atoms with Crippen LogP contribution in [0.25, 0.3) is 5.82 Å². The molecule has 1 fully saturated rings. The Kier molecular flexibility index (Phi) is 5.79. The van der Waals surface area contributed by atoms with E-state index in [2.05, 4.69) is 51.9 Å². The van der Waals surface area contributed by atoms with Crippen molar-refractivity contribution in [3.8, 4) is 11.6 Å². The molecule has 1 aromatic carbocycles. The summed E-state index contributed by atoms with van der Waals surface area (Å²) in [7, 11) is 0. The van der Waals surface area contributed by atoms with Crippen molar-refractivity contribution in [3.63, 3.8) is 0 Å². The normalized spacial score (nSPS) is 19.4. The monoisotopic (exact) mass is 430 g/mol. The third kappa shape index (κ3) is 4.33. The maximum atomic E-state index is 6.51. The molecule has 0 amide bonds. The van der Waals surface area contributed by atoms with Crippen molar-refractivity contribution >= 4 is 5.96 Å². The molecular formula is C25H30N6O. The highest BCUT2D eigenvalue weighted by atomic mass is 16.5. The first kappa shape index (κ1) is 20.5. The van der Waals surface area contributed by atoms with E-state index in [0.29, 0.717) is 6.54 Å². The molecule has 1 spiro atoms. The highest BCUT2D eigenvalue weighted by Gasteiger charge is 2.43. The van der Waals surface area contributed by atoms with E-state index in [1.54, 1.807) is 17.1 Å². The summed E-state index contributed by atoms with van der Waals surface area (Å²) >= 11 is 0. The molecule has 2 aromatic heterocycles. The standard InChI is InChI=1S/C25H30N6O/c1-2-26-24(28-18-19-10-14-27-23(16-19)31-15-7-13-29-31)30-21-17-25(11-5-6-12-25)32-22-9-4-3-8-20(21)22/h3-4,7-10,13-16,21H,2,5-6,11-12,17-18H2,1H3,(H2,26,28,30). The number of ether oxygens (including phenoxy) is 1. The minimum absolute atomic E-state index is 0.0485. The number of rotatable bonds is 5. The Morgan fingerprint density at radius 2 is 2.06 bits per heavy atom. The maximum Gasteiger partial charge on any atom is 0.192 e. The molecule has 32 heavy (non-hydrogen) atoms. The average molecular weight is 431 g/mol. The third-order valence-corrected chi connectivity index (χ3v) is 6.34. The van der Waals surface area contributed by atoms with Crippen LogP contribution in [0.4, 0.5) is 0 Å². The lowest BCUT2D eigenvalue weighted by Crippen LogP contribution is -2.46. The van der Waals surface area contributed by atoms with Crippen LogP contribution in [0.1, 0.15) is 56.2 Å². The summed E-state index contributed by atoms with van der Waals surface area (Å²) in [5.74, 6) is 2.62. The van der Waals surface area contributed by atoms with Gasteiger partial charge in [-0.3, -0.25) is 0 Å². The predicted molar refractivity (Wildman–Crippen MR) is 125 cm³/mol. The van der Waals surface area contributed by atoms with Crippen molar-refractivity contribution in [2.45, 2.75) is 57.2 Å². The van der Waals surface area contributed by atoms with Crippen molar-refractivity contribution in [2.24, 2.45) is 4.99 Å². The predicted octanol–water partition coefficient (Wildman–Crippen LogP) is 4.16.